The molecule has 0 heterocycles. The molecule has 0 amide bonds. The zero-order valence-electron chi connectivity index (χ0n) is 6.21. The Hall–Kier alpha value is 0.170. The summed E-state index contributed by atoms with van der Waals surface area (Å²) in [6.07, 6.45) is 0. The molecule has 0 bridgehead atoms. The molecule has 62 valence electrons. The first-order chi connectivity index (χ1) is 4.66. The smallest absolute Gasteiger partial charge is 0.270 e. The number of ether oxygens (including phenoxy) is 2. The highest BCUT2D eigenvalue weighted by molar-refractivity contribution is 6.17. The van der Waals surface area contributed by atoms with Crippen LogP contribution in [0.25, 0.3) is 0 Å². The SMILES string of the molecule is CC(C)COC(O)OCCl. The lowest BCUT2D eigenvalue weighted by atomic mass is 10.2. The minimum absolute atomic E-state index is 0.0563. The number of alkyl halides is 1. The quantitative estimate of drug-likeness (QED) is 0.495. The van der Waals surface area contributed by atoms with E-state index in [1.807, 2.05) is 13.8 Å². The van der Waals surface area contributed by atoms with Crippen molar-refractivity contribution in [2.24, 2.45) is 5.92 Å². The first-order valence-corrected chi connectivity index (χ1v) is 3.67. The van der Waals surface area contributed by atoms with Crippen LogP contribution in [-0.2, 0) is 9.47 Å². The van der Waals surface area contributed by atoms with Gasteiger partial charge in [-0.05, 0) is 5.92 Å². The van der Waals surface area contributed by atoms with Gasteiger partial charge in [0.15, 0.2) is 0 Å². The highest BCUT2D eigenvalue weighted by Gasteiger charge is 2.03. The molecule has 10 heavy (non-hydrogen) atoms. The third-order valence-corrected chi connectivity index (χ3v) is 0.904. The highest BCUT2D eigenvalue weighted by Crippen LogP contribution is 1.97. The minimum atomic E-state index is -1.18. The number of halogens is 1. The van der Waals surface area contributed by atoms with Crippen molar-refractivity contribution in [1.82, 2.24) is 0 Å². The first kappa shape index (κ1) is 10.2. The van der Waals surface area contributed by atoms with E-state index in [4.69, 9.17) is 21.4 Å². The monoisotopic (exact) mass is 168 g/mol. The summed E-state index contributed by atoms with van der Waals surface area (Å²) in [5.41, 5.74) is 0. The summed E-state index contributed by atoms with van der Waals surface area (Å²) >= 11 is 5.15. The van der Waals surface area contributed by atoms with Crippen LogP contribution in [0, 0.1) is 5.92 Å². The molecule has 1 unspecified atom stereocenters. The molecule has 0 fully saturated rings. The van der Waals surface area contributed by atoms with E-state index in [0.29, 0.717) is 12.5 Å². The van der Waals surface area contributed by atoms with Gasteiger partial charge in [-0.2, -0.15) is 0 Å². The van der Waals surface area contributed by atoms with Gasteiger partial charge in [-0.3, -0.25) is 0 Å². The van der Waals surface area contributed by atoms with Crippen LogP contribution in [0.4, 0.5) is 0 Å². The van der Waals surface area contributed by atoms with Crippen molar-refractivity contribution < 1.29 is 14.6 Å². The lowest BCUT2D eigenvalue weighted by Gasteiger charge is -2.11. The maximum atomic E-state index is 8.77. The normalized spacial score (nSPS) is 14.1. The molecule has 3 nitrogen and oxygen atoms in total. The molecule has 4 heteroatoms. The summed E-state index contributed by atoms with van der Waals surface area (Å²) < 4.78 is 9.28. The van der Waals surface area contributed by atoms with Gasteiger partial charge in [0.1, 0.15) is 6.07 Å². The number of hydrogen-bond acceptors (Lipinski definition) is 3. The van der Waals surface area contributed by atoms with Crippen LogP contribution in [-0.4, -0.2) is 24.3 Å². The lowest BCUT2D eigenvalue weighted by Crippen LogP contribution is -2.18. The van der Waals surface area contributed by atoms with Crippen molar-refractivity contribution in [1.29, 1.82) is 0 Å². The van der Waals surface area contributed by atoms with Crippen molar-refractivity contribution in [2.45, 2.75) is 20.3 Å². The summed E-state index contributed by atoms with van der Waals surface area (Å²) in [5, 5.41) is 8.77. The third kappa shape index (κ3) is 6.29. The fraction of sp³-hybridized carbons (Fsp3) is 1.00. The van der Waals surface area contributed by atoms with Crippen LogP contribution in [0.5, 0.6) is 0 Å². The van der Waals surface area contributed by atoms with E-state index in [1.54, 1.807) is 0 Å². The van der Waals surface area contributed by atoms with Crippen LogP contribution in [0.3, 0.4) is 0 Å². The van der Waals surface area contributed by atoms with Crippen molar-refractivity contribution in [3.63, 3.8) is 0 Å². The van der Waals surface area contributed by atoms with Crippen molar-refractivity contribution in [3.05, 3.63) is 0 Å². The maximum Gasteiger partial charge on any atom is 0.270 e. The molecule has 0 aromatic heterocycles. The van der Waals surface area contributed by atoms with E-state index in [-0.39, 0.29) is 6.07 Å². The summed E-state index contributed by atoms with van der Waals surface area (Å²) in [7, 11) is 0. The van der Waals surface area contributed by atoms with Crippen LogP contribution in [0.15, 0.2) is 0 Å². The van der Waals surface area contributed by atoms with E-state index in [9.17, 15) is 0 Å². The zero-order valence-corrected chi connectivity index (χ0v) is 6.97. The summed E-state index contributed by atoms with van der Waals surface area (Å²) in [4.78, 5) is 0. The highest BCUT2D eigenvalue weighted by atomic mass is 35.5. The average Bonchev–Trinajstić information content (AvgIpc) is 1.85. The van der Waals surface area contributed by atoms with Gasteiger partial charge in [0.2, 0.25) is 0 Å². The van der Waals surface area contributed by atoms with Gasteiger partial charge < -0.3 is 14.6 Å². The van der Waals surface area contributed by atoms with Crippen molar-refractivity contribution in [3.8, 4) is 0 Å². The topological polar surface area (TPSA) is 38.7 Å². The lowest BCUT2D eigenvalue weighted by molar-refractivity contribution is -0.258. The molecule has 1 atom stereocenters. The molecule has 0 aliphatic carbocycles. The number of rotatable bonds is 5. The molecule has 0 spiro atoms. The molecule has 0 radical (unpaired) electrons. The van der Waals surface area contributed by atoms with E-state index in [0.717, 1.165) is 0 Å². The zero-order chi connectivity index (χ0) is 7.98. The van der Waals surface area contributed by atoms with E-state index in [2.05, 4.69) is 4.74 Å². The standard InChI is InChI=1S/C6H13ClO3/c1-5(2)3-9-6(8)10-4-7/h5-6,8H,3-4H2,1-2H3. The second-order valence-electron chi connectivity index (χ2n) is 2.31. The van der Waals surface area contributed by atoms with Crippen molar-refractivity contribution >= 4 is 11.6 Å². The molecule has 0 rings (SSSR count). The molecule has 0 aliphatic rings. The molecular formula is C6H13ClO3. The van der Waals surface area contributed by atoms with Crippen LogP contribution < -0.4 is 0 Å². The molecule has 0 saturated carbocycles. The second-order valence-corrected chi connectivity index (χ2v) is 2.53. The average molecular weight is 169 g/mol. The Balaban J connectivity index is 3.12. The summed E-state index contributed by atoms with van der Waals surface area (Å²) in [6.45, 7) is 3.25. The Morgan fingerprint density at radius 2 is 2.00 bits per heavy atom. The minimum Gasteiger partial charge on any atom is -0.346 e. The number of aliphatic hydroxyl groups excluding tert-OH is 1. The van der Waals surface area contributed by atoms with Gasteiger partial charge in [0.05, 0.1) is 6.61 Å². The van der Waals surface area contributed by atoms with Gasteiger partial charge in [-0.1, -0.05) is 25.4 Å². The molecule has 0 aromatic carbocycles. The van der Waals surface area contributed by atoms with Gasteiger partial charge in [-0.15, -0.1) is 0 Å². The molecule has 0 saturated heterocycles. The first-order valence-electron chi connectivity index (χ1n) is 3.14. The van der Waals surface area contributed by atoms with Gasteiger partial charge >= 0.3 is 0 Å². The van der Waals surface area contributed by atoms with Gasteiger partial charge in [-0.25, -0.2) is 0 Å². The molecular weight excluding hydrogens is 156 g/mol. The Labute approximate surface area is 65.9 Å². The van der Waals surface area contributed by atoms with Crippen molar-refractivity contribution in [2.75, 3.05) is 12.7 Å². The Bertz CT molecular complexity index is 77.4. The van der Waals surface area contributed by atoms with E-state index >= 15 is 0 Å². The fourth-order valence-corrected chi connectivity index (χ4v) is 0.485. The number of hydrogen-bond donors (Lipinski definition) is 1. The van der Waals surface area contributed by atoms with Gasteiger partial charge in [0, 0.05) is 0 Å². The van der Waals surface area contributed by atoms with Crippen LogP contribution in [0.1, 0.15) is 13.8 Å². The Kier molecular flexibility index (Phi) is 6.02. The Morgan fingerprint density at radius 3 is 2.40 bits per heavy atom. The van der Waals surface area contributed by atoms with Gasteiger partial charge in [0.25, 0.3) is 6.48 Å². The van der Waals surface area contributed by atoms with Crippen LogP contribution >= 0.6 is 11.6 Å². The van der Waals surface area contributed by atoms with E-state index in [1.165, 1.54) is 0 Å². The fourth-order valence-electron chi connectivity index (χ4n) is 0.377. The number of aliphatic hydroxyl groups is 1. The molecule has 0 aromatic rings. The third-order valence-electron chi connectivity index (χ3n) is 0.778. The Morgan fingerprint density at radius 1 is 1.40 bits per heavy atom. The summed E-state index contributed by atoms with van der Waals surface area (Å²) in [5.74, 6) is 0.383. The van der Waals surface area contributed by atoms with E-state index < -0.39 is 6.48 Å². The predicted molar refractivity (Wildman–Crippen MR) is 38.6 cm³/mol. The molecule has 0 aliphatic heterocycles. The van der Waals surface area contributed by atoms with Crippen LogP contribution in [0.2, 0.25) is 0 Å². The second kappa shape index (κ2) is 5.92. The maximum absolute atomic E-state index is 8.77. The summed E-state index contributed by atoms with van der Waals surface area (Å²) in [6, 6.07) is -0.0563. The largest absolute Gasteiger partial charge is 0.346 e. The predicted octanol–water partition coefficient (Wildman–Crippen LogP) is 1.15. The molecule has 1 N–H and O–H groups in total.